The highest BCUT2D eigenvalue weighted by molar-refractivity contribution is 5.94. The molecule has 7 nitrogen and oxygen atoms in total. The molecule has 0 aliphatic carbocycles. The first-order valence-electron chi connectivity index (χ1n) is 8.89. The van der Waals surface area contributed by atoms with Gasteiger partial charge in [0.1, 0.15) is 5.82 Å². The smallest absolute Gasteiger partial charge is 0.307 e. The first-order valence-corrected chi connectivity index (χ1v) is 8.89. The molecule has 1 N–H and O–H groups in total. The van der Waals surface area contributed by atoms with Gasteiger partial charge in [-0.1, -0.05) is 30.3 Å². The number of amides is 1. The van der Waals surface area contributed by atoms with Gasteiger partial charge in [0.2, 0.25) is 0 Å². The van der Waals surface area contributed by atoms with Crippen LogP contribution in [-0.2, 0) is 14.3 Å². The lowest BCUT2D eigenvalue weighted by Crippen LogP contribution is -2.36. The number of hydrogen-bond acceptors (Lipinski definition) is 6. The Morgan fingerprint density at radius 2 is 1.93 bits per heavy atom. The van der Waals surface area contributed by atoms with Crippen molar-refractivity contribution in [3.8, 4) is 0 Å². The Morgan fingerprint density at radius 1 is 1.19 bits per heavy atom. The summed E-state index contributed by atoms with van der Waals surface area (Å²) in [6.07, 6.45) is 1.62. The molecule has 1 aromatic carbocycles. The molecular weight excluding hydrogens is 346 g/mol. The molecule has 2 heterocycles. The molecule has 0 unspecified atom stereocenters. The van der Waals surface area contributed by atoms with Crippen molar-refractivity contribution in [1.82, 2.24) is 10.3 Å². The van der Waals surface area contributed by atoms with Crippen LogP contribution in [-0.4, -0.2) is 50.3 Å². The molecule has 27 heavy (non-hydrogen) atoms. The van der Waals surface area contributed by atoms with Gasteiger partial charge < -0.3 is 19.7 Å². The number of anilines is 1. The summed E-state index contributed by atoms with van der Waals surface area (Å²) in [5.41, 5.74) is 1.28. The Balaban J connectivity index is 1.70. The Hall–Kier alpha value is -2.93. The number of esters is 1. The van der Waals surface area contributed by atoms with Gasteiger partial charge in [0.15, 0.2) is 0 Å². The van der Waals surface area contributed by atoms with Gasteiger partial charge in [-0.3, -0.25) is 9.59 Å². The van der Waals surface area contributed by atoms with E-state index in [1.807, 2.05) is 36.4 Å². The van der Waals surface area contributed by atoms with Crippen LogP contribution in [0.4, 0.5) is 5.82 Å². The number of ether oxygens (including phenoxy) is 2. The largest absolute Gasteiger partial charge is 0.469 e. The van der Waals surface area contributed by atoms with Crippen LogP contribution in [0.15, 0.2) is 48.7 Å². The number of rotatable bonds is 6. The van der Waals surface area contributed by atoms with E-state index >= 15 is 0 Å². The zero-order valence-corrected chi connectivity index (χ0v) is 15.3. The topological polar surface area (TPSA) is 80.8 Å². The first-order chi connectivity index (χ1) is 13.2. The Morgan fingerprint density at radius 3 is 2.56 bits per heavy atom. The summed E-state index contributed by atoms with van der Waals surface area (Å²) in [7, 11) is 1.33. The van der Waals surface area contributed by atoms with Crippen LogP contribution in [0.2, 0.25) is 0 Å². The summed E-state index contributed by atoms with van der Waals surface area (Å²) in [5, 5.41) is 2.90. The molecule has 1 fully saturated rings. The fraction of sp³-hybridized carbons (Fsp3) is 0.350. The van der Waals surface area contributed by atoms with Crippen LogP contribution in [0.25, 0.3) is 0 Å². The molecule has 0 saturated carbocycles. The Kier molecular flexibility index (Phi) is 6.38. The summed E-state index contributed by atoms with van der Waals surface area (Å²) < 4.78 is 10.1. The van der Waals surface area contributed by atoms with Crippen LogP contribution in [0.3, 0.4) is 0 Å². The highest BCUT2D eigenvalue weighted by atomic mass is 16.5. The molecule has 142 valence electrons. The van der Waals surface area contributed by atoms with E-state index in [1.54, 1.807) is 12.3 Å². The lowest BCUT2D eigenvalue weighted by atomic mass is 10.0. The number of nitrogens with one attached hydrogen (secondary N) is 1. The van der Waals surface area contributed by atoms with Gasteiger partial charge in [0.25, 0.3) is 5.91 Å². The van der Waals surface area contributed by atoms with Crippen molar-refractivity contribution in [2.24, 2.45) is 0 Å². The first kappa shape index (κ1) is 18.8. The maximum Gasteiger partial charge on any atom is 0.307 e. The van der Waals surface area contributed by atoms with E-state index in [1.165, 1.54) is 7.11 Å². The maximum atomic E-state index is 12.6. The number of hydrogen-bond donors (Lipinski definition) is 1. The van der Waals surface area contributed by atoms with Crippen LogP contribution < -0.4 is 10.2 Å². The average Bonchev–Trinajstić information content (AvgIpc) is 2.74. The van der Waals surface area contributed by atoms with Crippen LogP contribution in [0.1, 0.15) is 28.4 Å². The quantitative estimate of drug-likeness (QED) is 0.784. The molecule has 2 aromatic rings. The van der Waals surface area contributed by atoms with Gasteiger partial charge in [0, 0.05) is 19.3 Å². The minimum atomic E-state index is -0.468. The van der Waals surface area contributed by atoms with Gasteiger partial charge in [0.05, 0.1) is 38.3 Å². The van der Waals surface area contributed by atoms with Crippen molar-refractivity contribution < 1.29 is 19.1 Å². The second kappa shape index (κ2) is 9.14. The summed E-state index contributed by atoms with van der Waals surface area (Å²) in [6, 6.07) is 12.5. The predicted octanol–water partition coefficient (Wildman–Crippen LogP) is 1.95. The molecule has 1 atom stereocenters. The number of methoxy groups -OCH3 is 1. The van der Waals surface area contributed by atoms with Crippen molar-refractivity contribution in [3.63, 3.8) is 0 Å². The number of morpholine rings is 1. The van der Waals surface area contributed by atoms with Gasteiger partial charge in [-0.15, -0.1) is 0 Å². The number of carbonyl (C=O) groups excluding carboxylic acids is 2. The lowest BCUT2D eigenvalue weighted by Gasteiger charge is -2.27. The monoisotopic (exact) mass is 369 g/mol. The van der Waals surface area contributed by atoms with Crippen molar-refractivity contribution in [2.75, 3.05) is 38.3 Å². The summed E-state index contributed by atoms with van der Waals surface area (Å²) in [4.78, 5) is 30.9. The molecular formula is C20H23N3O4. The van der Waals surface area contributed by atoms with Crippen molar-refractivity contribution in [2.45, 2.75) is 12.5 Å². The fourth-order valence-electron chi connectivity index (χ4n) is 2.93. The third-order valence-electron chi connectivity index (χ3n) is 4.45. The molecule has 1 aromatic heterocycles. The zero-order chi connectivity index (χ0) is 19.1. The third kappa shape index (κ3) is 5.04. The van der Waals surface area contributed by atoms with E-state index in [-0.39, 0.29) is 18.3 Å². The van der Waals surface area contributed by atoms with Gasteiger partial charge in [-0.25, -0.2) is 4.98 Å². The minimum Gasteiger partial charge on any atom is -0.469 e. The Bertz CT molecular complexity index is 759. The molecule has 1 saturated heterocycles. The van der Waals surface area contributed by atoms with E-state index in [0.29, 0.717) is 18.8 Å². The number of benzene rings is 1. The maximum absolute atomic E-state index is 12.6. The average molecular weight is 369 g/mol. The Labute approximate surface area is 158 Å². The third-order valence-corrected chi connectivity index (χ3v) is 4.45. The number of carbonyl (C=O) groups is 2. The fourth-order valence-corrected chi connectivity index (χ4v) is 2.93. The van der Waals surface area contributed by atoms with Crippen LogP contribution in [0, 0.1) is 0 Å². The van der Waals surface area contributed by atoms with Crippen molar-refractivity contribution >= 4 is 17.7 Å². The van der Waals surface area contributed by atoms with Gasteiger partial charge in [-0.05, 0) is 17.7 Å². The van der Waals surface area contributed by atoms with Gasteiger partial charge >= 0.3 is 5.97 Å². The second-order valence-corrected chi connectivity index (χ2v) is 6.22. The molecule has 3 rings (SSSR count). The van der Waals surface area contributed by atoms with E-state index in [4.69, 9.17) is 9.47 Å². The molecule has 1 aliphatic rings. The second-order valence-electron chi connectivity index (χ2n) is 6.22. The summed E-state index contributed by atoms with van der Waals surface area (Å²) in [6.45, 7) is 2.92. The normalized spacial score (nSPS) is 15.1. The molecule has 1 amide bonds. The minimum absolute atomic E-state index is 0.0611. The molecule has 0 spiro atoms. The predicted molar refractivity (Wildman–Crippen MR) is 101 cm³/mol. The van der Waals surface area contributed by atoms with Crippen LogP contribution in [0.5, 0.6) is 0 Å². The number of pyridine rings is 1. The molecule has 0 bridgehead atoms. The summed E-state index contributed by atoms with van der Waals surface area (Å²) in [5.74, 6) is 0.155. The van der Waals surface area contributed by atoms with E-state index < -0.39 is 6.04 Å². The van der Waals surface area contributed by atoms with E-state index in [0.717, 1.165) is 24.5 Å². The summed E-state index contributed by atoms with van der Waals surface area (Å²) >= 11 is 0. The SMILES string of the molecule is COC(=O)C[C@H](NC(=O)c1ccc(N2CCOCC2)nc1)c1ccccc1. The van der Waals surface area contributed by atoms with Crippen molar-refractivity contribution in [1.29, 1.82) is 0 Å². The lowest BCUT2D eigenvalue weighted by molar-refractivity contribution is -0.141. The number of nitrogens with zero attached hydrogens (tertiary/aromatic N) is 2. The van der Waals surface area contributed by atoms with Crippen LogP contribution >= 0.6 is 0 Å². The molecule has 1 aliphatic heterocycles. The molecule has 0 radical (unpaired) electrons. The van der Waals surface area contributed by atoms with E-state index in [2.05, 4.69) is 15.2 Å². The highest BCUT2D eigenvalue weighted by Gasteiger charge is 2.20. The van der Waals surface area contributed by atoms with Gasteiger partial charge in [-0.2, -0.15) is 0 Å². The molecule has 7 heteroatoms. The zero-order valence-electron chi connectivity index (χ0n) is 15.3. The van der Waals surface area contributed by atoms with E-state index in [9.17, 15) is 9.59 Å². The highest BCUT2D eigenvalue weighted by Crippen LogP contribution is 2.19. The standard InChI is InChI=1S/C20H23N3O4/c1-26-19(24)13-17(15-5-3-2-4-6-15)22-20(25)16-7-8-18(21-14-16)23-9-11-27-12-10-23/h2-8,14,17H,9-13H2,1H3,(H,22,25)/t17-/m0/s1. The van der Waals surface area contributed by atoms with Crippen molar-refractivity contribution in [3.05, 3.63) is 59.8 Å². The number of aromatic nitrogens is 1.